The molecule has 20 heavy (non-hydrogen) atoms. The molecule has 1 rings (SSSR count). The molecule has 8 heteroatoms. The molecule has 0 saturated carbocycles. The molecule has 0 aliphatic carbocycles. The number of rotatable bonds is 9. The molecule has 0 saturated heterocycles. The number of sulfone groups is 1. The van der Waals surface area contributed by atoms with Crippen molar-refractivity contribution in [3.63, 3.8) is 0 Å². The highest BCUT2D eigenvalue weighted by Crippen LogP contribution is 2.26. The molecular formula is C12H22N2O3S3. The first-order chi connectivity index (χ1) is 9.42. The lowest BCUT2D eigenvalue weighted by atomic mass is 10.3. The average Bonchev–Trinajstić information content (AvgIpc) is 2.88. The Morgan fingerprint density at radius 1 is 1.25 bits per heavy atom. The summed E-state index contributed by atoms with van der Waals surface area (Å²) in [4.78, 5) is 0. The zero-order valence-corrected chi connectivity index (χ0v) is 14.6. The highest BCUT2D eigenvalue weighted by atomic mass is 32.3. The molecule has 0 radical (unpaired) electrons. The van der Waals surface area contributed by atoms with Crippen LogP contribution in [0, 0.1) is 0 Å². The van der Waals surface area contributed by atoms with Crippen molar-refractivity contribution in [1.29, 1.82) is 0 Å². The molecule has 5 nitrogen and oxygen atoms in total. The Bertz CT molecular complexity index is 502. The minimum absolute atomic E-state index is 0.000603. The molecule has 0 aliphatic rings. The standard InChI is InChI=1S/C12H22N2O3S3/c1-4-6-7-9-20(16,17)12-14-13-11(18-12)19(15)10(3)8-5-2/h10H,4-9H2,1-3H3. The molecule has 0 aromatic carbocycles. The van der Waals surface area contributed by atoms with Crippen LogP contribution in [0.2, 0.25) is 0 Å². The van der Waals surface area contributed by atoms with E-state index in [9.17, 15) is 13.0 Å². The van der Waals surface area contributed by atoms with Crippen molar-refractivity contribution < 1.29 is 13.0 Å². The van der Waals surface area contributed by atoms with Gasteiger partial charge in [0.15, 0.2) is 0 Å². The Kier molecular flexibility index (Phi) is 7.42. The Morgan fingerprint density at radius 3 is 2.55 bits per heavy atom. The Hall–Kier alpha value is -0.180. The van der Waals surface area contributed by atoms with Gasteiger partial charge in [-0.3, -0.25) is 0 Å². The molecule has 0 bridgehead atoms. The van der Waals surface area contributed by atoms with Gasteiger partial charge in [0.25, 0.3) is 0 Å². The van der Waals surface area contributed by atoms with Gasteiger partial charge in [-0.15, -0.1) is 5.10 Å². The van der Waals surface area contributed by atoms with Gasteiger partial charge in [-0.1, -0.05) is 38.2 Å². The van der Waals surface area contributed by atoms with Gasteiger partial charge in [-0.2, -0.15) is 0 Å². The first kappa shape index (κ1) is 17.9. The van der Waals surface area contributed by atoms with E-state index in [1.807, 2.05) is 20.8 Å². The van der Waals surface area contributed by atoms with E-state index in [1.165, 1.54) is 0 Å². The molecule has 0 spiro atoms. The molecule has 116 valence electrons. The topological polar surface area (TPSA) is 83.0 Å². The maximum absolute atomic E-state index is 12.2. The summed E-state index contributed by atoms with van der Waals surface area (Å²) in [6.45, 7) is 5.93. The van der Waals surface area contributed by atoms with Gasteiger partial charge in [0.1, 0.15) is 5.25 Å². The second-order valence-electron chi connectivity index (χ2n) is 4.76. The fourth-order valence-corrected chi connectivity index (χ4v) is 6.08. The van der Waals surface area contributed by atoms with E-state index in [-0.39, 0.29) is 15.3 Å². The zero-order valence-electron chi connectivity index (χ0n) is 12.2. The quantitative estimate of drug-likeness (QED) is 0.511. The van der Waals surface area contributed by atoms with Gasteiger partial charge < -0.3 is 4.55 Å². The van der Waals surface area contributed by atoms with Gasteiger partial charge in [-0.05, 0) is 31.1 Å². The molecule has 0 fully saturated rings. The van der Waals surface area contributed by atoms with E-state index in [0.717, 1.165) is 37.0 Å². The van der Waals surface area contributed by atoms with Crippen LogP contribution in [0.25, 0.3) is 0 Å². The van der Waals surface area contributed by atoms with Crippen LogP contribution < -0.4 is 0 Å². The number of unbranched alkanes of at least 4 members (excludes halogenated alkanes) is 2. The minimum Gasteiger partial charge on any atom is -0.609 e. The van der Waals surface area contributed by atoms with Crippen molar-refractivity contribution in [2.24, 2.45) is 0 Å². The smallest absolute Gasteiger partial charge is 0.323 e. The lowest BCUT2D eigenvalue weighted by Crippen LogP contribution is -2.17. The van der Waals surface area contributed by atoms with E-state index < -0.39 is 21.0 Å². The Morgan fingerprint density at radius 2 is 1.95 bits per heavy atom. The molecule has 0 amide bonds. The summed E-state index contributed by atoms with van der Waals surface area (Å²) < 4.78 is 36.6. The third kappa shape index (κ3) is 4.98. The Labute approximate surface area is 128 Å². The summed E-state index contributed by atoms with van der Waals surface area (Å²) in [6, 6.07) is 0. The summed E-state index contributed by atoms with van der Waals surface area (Å²) in [6.07, 6.45) is 4.24. The molecule has 1 heterocycles. The summed E-state index contributed by atoms with van der Waals surface area (Å²) in [5.74, 6) is 0.0899. The summed E-state index contributed by atoms with van der Waals surface area (Å²) in [7, 11) is -3.37. The van der Waals surface area contributed by atoms with E-state index in [4.69, 9.17) is 0 Å². The van der Waals surface area contributed by atoms with Gasteiger partial charge >= 0.3 is 4.34 Å². The van der Waals surface area contributed by atoms with Gasteiger partial charge in [0.2, 0.25) is 14.2 Å². The van der Waals surface area contributed by atoms with Crippen molar-refractivity contribution in [2.75, 3.05) is 5.75 Å². The molecule has 1 aromatic heterocycles. The zero-order chi connectivity index (χ0) is 15.2. The lowest BCUT2D eigenvalue weighted by molar-refractivity contribution is 0.572. The molecule has 0 N–H and O–H groups in total. The normalized spacial score (nSPS) is 15.2. The van der Waals surface area contributed by atoms with E-state index in [2.05, 4.69) is 10.2 Å². The van der Waals surface area contributed by atoms with E-state index in [1.54, 1.807) is 0 Å². The Balaban J connectivity index is 2.75. The summed E-state index contributed by atoms with van der Waals surface area (Å²) in [5.41, 5.74) is 0. The minimum atomic E-state index is -3.37. The first-order valence-electron chi connectivity index (χ1n) is 6.89. The average molecular weight is 339 g/mol. The van der Waals surface area contributed by atoms with Crippen LogP contribution in [-0.4, -0.2) is 34.2 Å². The van der Waals surface area contributed by atoms with Crippen molar-refractivity contribution in [1.82, 2.24) is 10.2 Å². The van der Waals surface area contributed by atoms with Crippen LogP contribution in [0.1, 0.15) is 52.9 Å². The second kappa shape index (κ2) is 8.31. The molecule has 0 aliphatic heterocycles. The van der Waals surface area contributed by atoms with Crippen molar-refractivity contribution in [2.45, 2.75) is 66.8 Å². The number of aromatic nitrogens is 2. The third-order valence-electron chi connectivity index (χ3n) is 2.90. The predicted octanol–water partition coefficient (Wildman–Crippen LogP) is 2.80. The van der Waals surface area contributed by atoms with Crippen LogP contribution in [-0.2, 0) is 21.0 Å². The predicted molar refractivity (Wildman–Crippen MR) is 82.3 cm³/mol. The van der Waals surface area contributed by atoms with Gasteiger partial charge in [0.05, 0.1) is 5.75 Å². The number of hydrogen-bond acceptors (Lipinski definition) is 6. The van der Waals surface area contributed by atoms with Crippen LogP contribution in [0.15, 0.2) is 8.68 Å². The first-order valence-corrected chi connectivity index (χ1v) is 10.6. The lowest BCUT2D eigenvalue weighted by Gasteiger charge is -2.13. The van der Waals surface area contributed by atoms with E-state index >= 15 is 0 Å². The van der Waals surface area contributed by atoms with Crippen molar-refractivity contribution in [3.05, 3.63) is 0 Å². The summed E-state index contributed by atoms with van der Waals surface area (Å²) >= 11 is -0.319. The SMILES string of the molecule is CCCCCS(=O)(=O)c1nnc([S+]([O-])C(C)CCC)s1. The monoisotopic (exact) mass is 338 g/mol. The highest BCUT2D eigenvalue weighted by molar-refractivity contribution is 7.96. The van der Waals surface area contributed by atoms with Gasteiger partial charge in [0, 0.05) is 11.2 Å². The van der Waals surface area contributed by atoms with Crippen LogP contribution in [0.3, 0.4) is 0 Å². The second-order valence-corrected chi connectivity index (χ2v) is 10.1. The number of nitrogens with zero attached hydrogens (tertiary/aromatic N) is 2. The van der Waals surface area contributed by atoms with Gasteiger partial charge in [-0.25, -0.2) is 8.42 Å². The van der Waals surface area contributed by atoms with Crippen LogP contribution >= 0.6 is 11.3 Å². The number of hydrogen-bond donors (Lipinski definition) is 0. The largest absolute Gasteiger partial charge is 0.609 e. The summed E-state index contributed by atoms with van der Waals surface area (Å²) in [5, 5.41) is 7.50. The fourth-order valence-electron chi connectivity index (χ4n) is 1.72. The molecule has 2 unspecified atom stereocenters. The fraction of sp³-hybridized carbons (Fsp3) is 0.833. The van der Waals surface area contributed by atoms with Crippen molar-refractivity contribution >= 4 is 32.3 Å². The third-order valence-corrected chi connectivity index (χ3v) is 8.00. The van der Waals surface area contributed by atoms with Crippen LogP contribution in [0.5, 0.6) is 0 Å². The highest BCUT2D eigenvalue weighted by Gasteiger charge is 2.28. The molecule has 1 aromatic rings. The molecule has 2 atom stereocenters. The van der Waals surface area contributed by atoms with Crippen molar-refractivity contribution in [3.8, 4) is 0 Å². The maximum Gasteiger partial charge on any atom is 0.323 e. The van der Waals surface area contributed by atoms with Crippen LogP contribution in [0.4, 0.5) is 0 Å². The van der Waals surface area contributed by atoms with E-state index in [0.29, 0.717) is 10.8 Å². The maximum atomic E-state index is 12.2. The molecular weight excluding hydrogens is 316 g/mol.